The number of furan rings is 1. The zero-order valence-corrected chi connectivity index (χ0v) is 16.3. The van der Waals surface area contributed by atoms with Crippen LogP contribution in [0.2, 0.25) is 0 Å². The predicted molar refractivity (Wildman–Crippen MR) is 106 cm³/mol. The van der Waals surface area contributed by atoms with Crippen LogP contribution >= 0.6 is 11.8 Å². The predicted octanol–water partition coefficient (Wildman–Crippen LogP) is 2.72. The lowest BCUT2D eigenvalue weighted by Gasteiger charge is -2.23. The number of nitrogens with zero attached hydrogens (tertiary/aromatic N) is 2. The van der Waals surface area contributed by atoms with Crippen LogP contribution in [0, 0.1) is 0 Å². The van der Waals surface area contributed by atoms with Crippen molar-refractivity contribution >= 4 is 40.4 Å². The number of carbonyl (C=O) groups is 4. The number of anilines is 1. The second-order valence-corrected chi connectivity index (χ2v) is 7.78. The molecule has 4 amide bonds. The summed E-state index contributed by atoms with van der Waals surface area (Å²) in [5, 5.41) is 2.60. The highest BCUT2D eigenvalue weighted by atomic mass is 32.2. The minimum atomic E-state index is -0.552. The van der Waals surface area contributed by atoms with Gasteiger partial charge in [-0.15, -0.1) is 0 Å². The summed E-state index contributed by atoms with van der Waals surface area (Å²) in [4.78, 5) is 51.4. The third kappa shape index (κ3) is 4.04. The van der Waals surface area contributed by atoms with Gasteiger partial charge >= 0.3 is 0 Å². The van der Waals surface area contributed by atoms with Crippen molar-refractivity contribution in [1.82, 2.24) is 9.80 Å². The number of hydrogen-bond donors (Lipinski definition) is 1. The first-order chi connectivity index (χ1) is 14.0. The van der Waals surface area contributed by atoms with Crippen molar-refractivity contribution in [2.24, 2.45) is 0 Å². The molecular weight excluding hydrogens is 394 g/mol. The third-order valence-electron chi connectivity index (χ3n) is 4.95. The Morgan fingerprint density at radius 3 is 2.62 bits per heavy atom. The average molecular weight is 413 g/mol. The summed E-state index contributed by atoms with van der Waals surface area (Å²) in [5.74, 6) is -0.336. The van der Waals surface area contributed by atoms with Gasteiger partial charge in [-0.1, -0.05) is 23.9 Å². The average Bonchev–Trinajstić information content (AvgIpc) is 3.47. The molecule has 2 aliphatic heterocycles. The van der Waals surface area contributed by atoms with Crippen LogP contribution in [0.4, 0.5) is 10.5 Å². The first-order valence-corrected chi connectivity index (χ1v) is 10.2. The first-order valence-electron chi connectivity index (χ1n) is 9.24. The van der Waals surface area contributed by atoms with Gasteiger partial charge in [-0.25, -0.2) is 0 Å². The van der Waals surface area contributed by atoms with Gasteiger partial charge in [-0.3, -0.25) is 24.1 Å². The Morgan fingerprint density at radius 1 is 1.17 bits per heavy atom. The smallest absolute Gasteiger partial charge is 0.290 e. The third-order valence-corrected chi connectivity index (χ3v) is 5.81. The summed E-state index contributed by atoms with van der Waals surface area (Å²) in [6.07, 6.45) is 2.77. The quantitative estimate of drug-likeness (QED) is 0.809. The topological polar surface area (TPSA) is 99.9 Å². The highest BCUT2D eigenvalue weighted by molar-refractivity contribution is 8.14. The minimum Gasteiger partial charge on any atom is -0.459 e. The summed E-state index contributed by atoms with van der Waals surface area (Å²) in [7, 11) is 0. The summed E-state index contributed by atoms with van der Waals surface area (Å²) < 4.78 is 5.16. The van der Waals surface area contributed by atoms with Crippen molar-refractivity contribution in [1.29, 1.82) is 0 Å². The number of imide groups is 1. The summed E-state index contributed by atoms with van der Waals surface area (Å²) in [5.41, 5.74) is 1.38. The number of carbonyl (C=O) groups excluding carboxylic acids is 4. The fourth-order valence-corrected chi connectivity index (χ4v) is 4.18. The fraction of sp³-hybridized carbons (Fsp3) is 0.300. The van der Waals surface area contributed by atoms with E-state index >= 15 is 0 Å². The molecule has 0 radical (unpaired) electrons. The summed E-state index contributed by atoms with van der Waals surface area (Å²) in [6, 6.07) is 9.64. The molecule has 150 valence electrons. The Bertz CT molecular complexity index is 926. The number of rotatable bonds is 5. The van der Waals surface area contributed by atoms with Crippen molar-refractivity contribution in [2.45, 2.75) is 25.4 Å². The van der Waals surface area contributed by atoms with Gasteiger partial charge in [0, 0.05) is 12.2 Å². The molecule has 0 spiro atoms. The molecule has 0 saturated carbocycles. The zero-order valence-electron chi connectivity index (χ0n) is 15.5. The van der Waals surface area contributed by atoms with Crippen molar-refractivity contribution < 1.29 is 23.6 Å². The van der Waals surface area contributed by atoms with Gasteiger partial charge in [0.2, 0.25) is 11.8 Å². The van der Waals surface area contributed by atoms with Crippen LogP contribution in [-0.2, 0) is 16.1 Å². The lowest BCUT2D eigenvalue weighted by molar-refractivity contribution is -0.125. The van der Waals surface area contributed by atoms with Crippen molar-refractivity contribution in [3.63, 3.8) is 0 Å². The molecule has 2 aliphatic rings. The van der Waals surface area contributed by atoms with Gasteiger partial charge in [0.05, 0.1) is 18.6 Å². The molecular formula is C20H19N3O5S. The normalized spacial score (nSPS) is 19.1. The molecule has 9 heteroatoms. The monoisotopic (exact) mass is 413 g/mol. The zero-order chi connectivity index (χ0) is 20.4. The van der Waals surface area contributed by atoms with Gasteiger partial charge in [0.15, 0.2) is 5.76 Å². The van der Waals surface area contributed by atoms with Gasteiger partial charge in [0.25, 0.3) is 11.1 Å². The summed E-state index contributed by atoms with van der Waals surface area (Å²) in [6.45, 7) is 0.722. The van der Waals surface area contributed by atoms with E-state index in [0.29, 0.717) is 18.7 Å². The van der Waals surface area contributed by atoms with E-state index in [2.05, 4.69) is 5.32 Å². The minimum absolute atomic E-state index is 0.182. The Labute approximate surface area is 171 Å². The van der Waals surface area contributed by atoms with Crippen molar-refractivity contribution in [2.75, 3.05) is 17.6 Å². The first kappa shape index (κ1) is 19.3. The van der Waals surface area contributed by atoms with Crippen molar-refractivity contribution in [3.05, 3.63) is 54.0 Å². The number of amides is 4. The van der Waals surface area contributed by atoms with Crippen LogP contribution in [0.5, 0.6) is 0 Å². The molecule has 1 atom stereocenters. The molecule has 29 heavy (non-hydrogen) atoms. The standard InChI is InChI=1S/C20H19N3O5S/c24-17-12-29-20(27)23(17)11-13-5-7-14(8-6-13)21-18(25)15-3-1-9-22(15)19(26)16-4-2-10-28-16/h2,4-8,10,15H,1,3,9,11-12H2,(H,21,25). The molecule has 2 fully saturated rings. The molecule has 0 bridgehead atoms. The molecule has 8 nitrogen and oxygen atoms in total. The van der Waals surface area contributed by atoms with Gasteiger partial charge in [-0.2, -0.15) is 0 Å². The molecule has 1 aromatic carbocycles. The highest BCUT2D eigenvalue weighted by Crippen LogP contribution is 2.24. The van der Waals surface area contributed by atoms with E-state index in [1.807, 2.05) is 0 Å². The van der Waals surface area contributed by atoms with Crippen LogP contribution in [0.3, 0.4) is 0 Å². The van der Waals surface area contributed by atoms with Gasteiger partial charge in [0.1, 0.15) is 6.04 Å². The molecule has 0 aliphatic carbocycles. The van der Waals surface area contributed by atoms with Crippen LogP contribution < -0.4 is 5.32 Å². The molecule has 3 heterocycles. The molecule has 2 saturated heterocycles. The Balaban J connectivity index is 1.38. The van der Waals surface area contributed by atoms with E-state index < -0.39 is 6.04 Å². The van der Waals surface area contributed by atoms with Crippen molar-refractivity contribution in [3.8, 4) is 0 Å². The lowest BCUT2D eigenvalue weighted by Crippen LogP contribution is -2.43. The molecule has 2 aromatic rings. The number of likely N-dealkylation sites (tertiary alicyclic amines) is 1. The van der Waals surface area contributed by atoms with E-state index in [1.165, 1.54) is 16.1 Å². The number of thioether (sulfide) groups is 1. The lowest BCUT2D eigenvalue weighted by atomic mass is 10.1. The van der Waals surface area contributed by atoms with E-state index in [0.717, 1.165) is 23.7 Å². The molecule has 4 rings (SSSR count). The Kier molecular flexibility index (Phi) is 5.39. The maximum Gasteiger partial charge on any atom is 0.290 e. The number of hydrogen-bond acceptors (Lipinski definition) is 6. The maximum absolute atomic E-state index is 12.7. The number of benzene rings is 1. The van der Waals surface area contributed by atoms with Crippen LogP contribution in [0.1, 0.15) is 29.0 Å². The Morgan fingerprint density at radius 2 is 1.97 bits per heavy atom. The van der Waals surface area contributed by atoms with E-state index in [4.69, 9.17) is 4.42 Å². The van der Waals surface area contributed by atoms with Crippen LogP contribution in [0.25, 0.3) is 0 Å². The number of nitrogens with one attached hydrogen (secondary N) is 1. The highest BCUT2D eigenvalue weighted by Gasteiger charge is 2.35. The maximum atomic E-state index is 12.7. The molecule has 1 N–H and O–H groups in total. The summed E-state index contributed by atoms with van der Waals surface area (Å²) >= 11 is 1.00. The van der Waals surface area contributed by atoms with Crippen LogP contribution in [-0.4, -0.2) is 51.1 Å². The van der Waals surface area contributed by atoms with Gasteiger partial charge in [-0.05, 0) is 42.7 Å². The second-order valence-electron chi connectivity index (χ2n) is 6.85. The largest absolute Gasteiger partial charge is 0.459 e. The van der Waals surface area contributed by atoms with E-state index in [9.17, 15) is 19.2 Å². The molecule has 1 unspecified atom stereocenters. The fourth-order valence-electron chi connectivity index (χ4n) is 3.46. The molecule has 1 aromatic heterocycles. The SMILES string of the molecule is O=C(Nc1ccc(CN2C(=O)CSC2=O)cc1)C1CCCN1C(=O)c1ccco1. The second kappa shape index (κ2) is 8.12. The van der Waals surface area contributed by atoms with E-state index in [-0.39, 0.29) is 41.0 Å². The van der Waals surface area contributed by atoms with Gasteiger partial charge < -0.3 is 14.6 Å². The van der Waals surface area contributed by atoms with Crippen LogP contribution in [0.15, 0.2) is 47.1 Å². The Hall–Kier alpha value is -3.07. The van der Waals surface area contributed by atoms with E-state index in [1.54, 1.807) is 36.4 Å².